The topological polar surface area (TPSA) is 12.9 Å². The number of halogens is 12. The lowest BCUT2D eigenvalue weighted by molar-refractivity contribution is -0.141. The van der Waals surface area contributed by atoms with Crippen molar-refractivity contribution >= 4 is 104 Å². The van der Waals surface area contributed by atoms with Crippen molar-refractivity contribution < 1.29 is 13.2 Å². The van der Waals surface area contributed by atoms with Gasteiger partial charge in [0.25, 0.3) is 0 Å². The third-order valence-electron chi connectivity index (χ3n) is 5.13. The number of hydrogen-bond donors (Lipinski definition) is 0. The van der Waals surface area contributed by atoms with Crippen LogP contribution in [0.2, 0.25) is 45.2 Å². The Bertz CT molecular complexity index is 1420. The number of nitrogens with zero attached hydrogens (tertiary/aromatic N) is 1. The highest BCUT2D eigenvalue weighted by Crippen LogP contribution is 2.48. The van der Waals surface area contributed by atoms with E-state index in [0.29, 0.717) is 0 Å². The summed E-state index contributed by atoms with van der Waals surface area (Å²) in [5.74, 6) is 0. The second kappa shape index (κ2) is 11.0. The molecule has 1 aromatic heterocycles. The van der Waals surface area contributed by atoms with E-state index in [-0.39, 0.29) is 78.7 Å². The van der Waals surface area contributed by atoms with Crippen LogP contribution in [0.15, 0.2) is 42.5 Å². The minimum atomic E-state index is -4.84. The molecule has 0 N–H and O–H groups in total. The van der Waals surface area contributed by atoms with Gasteiger partial charge in [0.15, 0.2) is 0 Å². The summed E-state index contributed by atoms with van der Waals surface area (Å²) in [6.07, 6.45) is -4.84. The molecule has 4 rings (SSSR count). The van der Waals surface area contributed by atoms with E-state index in [2.05, 4.69) is 4.98 Å². The summed E-state index contributed by atoms with van der Waals surface area (Å²) in [5, 5.41) is 0.271. The highest BCUT2D eigenvalue weighted by atomic mass is 35.5. The van der Waals surface area contributed by atoms with E-state index in [1.54, 1.807) is 0 Å². The van der Waals surface area contributed by atoms with Crippen molar-refractivity contribution in [3.05, 3.63) is 93.4 Å². The lowest BCUT2D eigenvalue weighted by Gasteiger charge is -2.20. The summed E-state index contributed by atoms with van der Waals surface area (Å²) >= 11 is 55.7. The van der Waals surface area contributed by atoms with Crippen molar-refractivity contribution in [3.8, 4) is 33.5 Å². The van der Waals surface area contributed by atoms with E-state index in [0.717, 1.165) is 6.07 Å². The van der Waals surface area contributed by atoms with Crippen molar-refractivity contribution in [3.63, 3.8) is 0 Å². The Morgan fingerprint density at radius 1 is 0.486 bits per heavy atom. The number of benzene rings is 3. The van der Waals surface area contributed by atoms with Gasteiger partial charge in [0.05, 0.1) is 50.9 Å². The van der Waals surface area contributed by atoms with Crippen LogP contribution in [-0.2, 0) is 6.18 Å². The van der Waals surface area contributed by atoms with Gasteiger partial charge in [-0.3, -0.25) is 0 Å². The summed E-state index contributed by atoms with van der Waals surface area (Å²) in [7, 11) is 0. The van der Waals surface area contributed by atoms with Crippen LogP contribution in [0.3, 0.4) is 0 Å². The van der Waals surface area contributed by atoms with Crippen LogP contribution in [0.5, 0.6) is 0 Å². The third-order valence-corrected chi connectivity index (χ3v) is 8.72. The van der Waals surface area contributed by atoms with Gasteiger partial charge in [0.1, 0.15) is 5.69 Å². The maximum absolute atomic E-state index is 14.1. The Morgan fingerprint density at radius 3 is 1.22 bits per heavy atom. The summed E-state index contributed by atoms with van der Waals surface area (Å²) in [5.41, 5.74) is -0.521. The van der Waals surface area contributed by atoms with Crippen molar-refractivity contribution in [2.75, 3.05) is 0 Å². The van der Waals surface area contributed by atoms with Gasteiger partial charge in [0, 0.05) is 11.1 Å². The Labute approximate surface area is 253 Å². The largest absolute Gasteiger partial charge is 0.433 e. The number of pyridine rings is 1. The predicted molar refractivity (Wildman–Crippen MR) is 151 cm³/mol. The first-order valence-electron chi connectivity index (χ1n) is 9.76. The molecule has 37 heavy (non-hydrogen) atoms. The highest BCUT2D eigenvalue weighted by molar-refractivity contribution is 6.49. The molecule has 0 atom stereocenters. The van der Waals surface area contributed by atoms with Gasteiger partial charge in [0.2, 0.25) is 0 Å². The fraction of sp³-hybridized carbons (Fsp3) is 0.0417. The van der Waals surface area contributed by atoms with Gasteiger partial charge in [-0.2, -0.15) is 13.2 Å². The minimum absolute atomic E-state index is 0.000584. The standard InChI is InChI=1S/C24H7Cl9F3N/c25-12-1-8(2-13(26)20(12)31)11-7-18(24(34,35)36)37-23(10-5-16(29)22(33)17(30)6-10)19(11)9-3-14(27)21(32)15(28)4-9/h1-7H. The van der Waals surface area contributed by atoms with Crippen LogP contribution in [0, 0.1) is 0 Å². The molecule has 0 amide bonds. The molecule has 3 aromatic carbocycles. The van der Waals surface area contributed by atoms with Crippen LogP contribution in [-0.4, -0.2) is 4.98 Å². The van der Waals surface area contributed by atoms with Gasteiger partial charge in [-0.05, 0) is 59.2 Å². The first-order chi connectivity index (χ1) is 17.2. The second-order valence-corrected chi connectivity index (χ2v) is 11.1. The van der Waals surface area contributed by atoms with E-state index < -0.39 is 11.9 Å². The van der Waals surface area contributed by atoms with Crippen molar-refractivity contribution in [1.29, 1.82) is 0 Å². The molecule has 0 spiro atoms. The number of alkyl halides is 3. The fourth-order valence-corrected chi connectivity index (χ4v) is 5.31. The molecule has 0 unspecified atom stereocenters. The van der Waals surface area contributed by atoms with Crippen LogP contribution < -0.4 is 0 Å². The average Bonchev–Trinajstić information content (AvgIpc) is 2.82. The third kappa shape index (κ3) is 5.89. The van der Waals surface area contributed by atoms with E-state index in [9.17, 15) is 13.2 Å². The van der Waals surface area contributed by atoms with Crippen molar-refractivity contribution in [2.24, 2.45) is 0 Å². The van der Waals surface area contributed by atoms with Crippen LogP contribution in [0.1, 0.15) is 5.69 Å². The van der Waals surface area contributed by atoms with Gasteiger partial charge in [-0.15, -0.1) is 0 Å². The summed E-state index contributed by atoms with van der Waals surface area (Å²) < 4.78 is 42.2. The second-order valence-electron chi connectivity index (χ2n) is 7.54. The van der Waals surface area contributed by atoms with Gasteiger partial charge in [-0.1, -0.05) is 104 Å². The van der Waals surface area contributed by atoms with E-state index in [4.69, 9.17) is 104 Å². The molecule has 0 bridgehead atoms. The van der Waals surface area contributed by atoms with Crippen LogP contribution >= 0.6 is 104 Å². The molecule has 1 nitrogen and oxygen atoms in total. The summed E-state index contributed by atoms with van der Waals surface area (Å²) in [6.45, 7) is 0. The maximum Gasteiger partial charge on any atom is 0.433 e. The molecule has 0 aliphatic heterocycles. The van der Waals surface area contributed by atoms with Gasteiger partial charge < -0.3 is 0 Å². The number of aromatic nitrogens is 1. The normalized spacial score (nSPS) is 11.8. The fourth-order valence-electron chi connectivity index (χ4n) is 3.52. The van der Waals surface area contributed by atoms with E-state index in [1.807, 2.05) is 0 Å². The SMILES string of the molecule is FC(F)(F)c1cc(-c2cc(Cl)c(Cl)c(Cl)c2)c(-c2cc(Cl)c(Cl)c(Cl)c2)c(-c2cc(Cl)c(Cl)c(Cl)c2)n1. The Morgan fingerprint density at radius 2 is 0.838 bits per heavy atom. The molecule has 192 valence electrons. The first kappa shape index (κ1) is 29.2. The smallest absolute Gasteiger partial charge is 0.243 e. The van der Waals surface area contributed by atoms with Crippen LogP contribution in [0.25, 0.3) is 33.5 Å². The molecule has 0 aliphatic carbocycles. The maximum atomic E-state index is 14.1. The lowest BCUT2D eigenvalue weighted by atomic mass is 9.90. The van der Waals surface area contributed by atoms with Crippen molar-refractivity contribution in [1.82, 2.24) is 4.98 Å². The molecular weight excluding hydrogens is 678 g/mol. The lowest BCUT2D eigenvalue weighted by Crippen LogP contribution is -2.10. The molecule has 0 aliphatic rings. The molecule has 1 heterocycles. The van der Waals surface area contributed by atoms with E-state index >= 15 is 0 Å². The van der Waals surface area contributed by atoms with Crippen molar-refractivity contribution in [2.45, 2.75) is 6.18 Å². The minimum Gasteiger partial charge on any atom is -0.243 e. The average molecular weight is 685 g/mol. The van der Waals surface area contributed by atoms with Crippen LogP contribution in [0.4, 0.5) is 13.2 Å². The molecule has 13 heteroatoms. The predicted octanol–water partition coefficient (Wildman–Crippen LogP) is 13.0. The summed E-state index contributed by atoms with van der Waals surface area (Å²) in [6, 6.07) is 9.15. The molecule has 0 saturated heterocycles. The number of hydrogen-bond acceptors (Lipinski definition) is 1. The van der Waals surface area contributed by atoms with E-state index in [1.165, 1.54) is 36.4 Å². The quantitative estimate of drug-likeness (QED) is 0.196. The Balaban J connectivity index is 2.23. The number of rotatable bonds is 3. The zero-order valence-electron chi connectivity index (χ0n) is 17.5. The highest BCUT2D eigenvalue weighted by Gasteiger charge is 2.35. The zero-order chi connectivity index (χ0) is 27.4. The monoisotopic (exact) mass is 681 g/mol. The molecular formula is C24H7Cl9F3N. The Kier molecular flexibility index (Phi) is 8.68. The van der Waals surface area contributed by atoms with Gasteiger partial charge >= 0.3 is 6.18 Å². The summed E-state index contributed by atoms with van der Waals surface area (Å²) in [4.78, 5) is 3.94. The van der Waals surface area contributed by atoms with Gasteiger partial charge in [-0.25, -0.2) is 4.98 Å². The zero-order valence-corrected chi connectivity index (χ0v) is 24.3. The molecule has 0 fully saturated rings. The molecule has 0 saturated carbocycles. The first-order valence-corrected chi connectivity index (χ1v) is 13.2. The molecule has 4 aromatic rings. The molecule has 0 radical (unpaired) electrons. The Hall–Kier alpha value is -0.790.